The molecule has 5 heteroatoms. The standard InChI is InChI=1S/C13H24N2O2S/c1-13(2,3)12-10(9-14)18-11(15-12)5-6-17-8-7-16-4/h5-9,14H2,1-4H3. The lowest BCUT2D eigenvalue weighted by molar-refractivity contribution is 0.0722. The first-order valence-corrected chi connectivity index (χ1v) is 7.06. The van der Waals surface area contributed by atoms with E-state index >= 15 is 0 Å². The van der Waals surface area contributed by atoms with Gasteiger partial charge in [-0.1, -0.05) is 20.8 Å². The summed E-state index contributed by atoms with van der Waals surface area (Å²) in [6.45, 7) is 9.02. The molecule has 0 saturated heterocycles. The Morgan fingerprint density at radius 3 is 2.44 bits per heavy atom. The number of ether oxygens (including phenoxy) is 2. The summed E-state index contributed by atoms with van der Waals surface area (Å²) in [7, 11) is 1.67. The molecule has 0 atom stereocenters. The molecule has 2 N–H and O–H groups in total. The van der Waals surface area contributed by atoms with E-state index in [4.69, 9.17) is 20.2 Å². The first-order chi connectivity index (χ1) is 8.49. The van der Waals surface area contributed by atoms with Crippen LogP contribution in [-0.4, -0.2) is 31.9 Å². The van der Waals surface area contributed by atoms with Crippen LogP contribution in [0.5, 0.6) is 0 Å². The van der Waals surface area contributed by atoms with Crippen LogP contribution in [0.25, 0.3) is 0 Å². The molecule has 1 rings (SSSR count). The normalized spacial score (nSPS) is 12.1. The van der Waals surface area contributed by atoms with Gasteiger partial charge in [-0.3, -0.25) is 0 Å². The van der Waals surface area contributed by atoms with Crippen molar-refractivity contribution in [2.24, 2.45) is 5.73 Å². The Balaban J connectivity index is 2.54. The molecule has 0 aliphatic heterocycles. The highest BCUT2D eigenvalue weighted by Gasteiger charge is 2.22. The van der Waals surface area contributed by atoms with Gasteiger partial charge < -0.3 is 15.2 Å². The van der Waals surface area contributed by atoms with E-state index in [9.17, 15) is 0 Å². The third kappa shape index (κ3) is 4.65. The van der Waals surface area contributed by atoms with Gasteiger partial charge in [0.15, 0.2) is 0 Å². The lowest BCUT2D eigenvalue weighted by atomic mass is 9.91. The Morgan fingerprint density at radius 2 is 1.94 bits per heavy atom. The predicted octanol–water partition coefficient (Wildman–Crippen LogP) is 2.10. The number of nitrogens with two attached hydrogens (primary N) is 1. The summed E-state index contributed by atoms with van der Waals surface area (Å²) in [5.74, 6) is 0. The van der Waals surface area contributed by atoms with Crippen molar-refractivity contribution in [3.05, 3.63) is 15.6 Å². The Kier molecular flexibility index (Phi) is 6.21. The number of nitrogens with zero attached hydrogens (tertiary/aromatic N) is 1. The second kappa shape index (κ2) is 7.19. The Bertz CT molecular complexity index is 358. The molecule has 0 aliphatic rings. The Labute approximate surface area is 114 Å². The average Bonchev–Trinajstić information content (AvgIpc) is 2.72. The SMILES string of the molecule is COCCOCCc1nc(C(C)(C)C)c(CN)s1. The summed E-state index contributed by atoms with van der Waals surface area (Å²) in [6, 6.07) is 0. The van der Waals surface area contributed by atoms with Crippen LogP contribution < -0.4 is 5.73 Å². The molecule has 0 aromatic carbocycles. The van der Waals surface area contributed by atoms with Gasteiger partial charge in [0.05, 0.1) is 30.5 Å². The van der Waals surface area contributed by atoms with Crippen LogP contribution in [0.3, 0.4) is 0 Å². The highest BCUT2D eigenvalue weighted by molar-refractivity contribution is 7.11. The summed E-state index contributed by atoms with van der Waals surface area (Å²) in [5, 5.41) is 1.11. The fraction of sp³-hybridized carbons (Fsp3) is 0.769. The molecule has 1 heterocycles. The first-order valence-electron chi connectivity index (χ1n) is 6.25. The van der Waals surface area contributed by atoms with E-state index in [-0.39, 0.29) is 5.41 Å². The maximum absolute atomic E-state index is 5.78. The molecular weight excluding hydrogens is 248 g/mol. The highest BCUT2D eigenvalue weighted by atomic mass is 32.1. The minimum absolute atomic E-state index is 0.0559. The van der Waals surface area contributed by atoms with Crippen LogP contribution in [-0.2, 0) is 27.9 Å². The van der Waals surface area contributed by atoms with Gasteiger partial charge in [0.2, 0.25) is 0 Å². The maximum Gasteiger partial charge on any atom is 0.0954 e. The molecule has 0 saturated carbocycles. The fourth-order valence-electron chi connectivity index (χ4n) is 1.64. The van der Waals surface area contributed by atoms with Crippen molar-refractivity contribution in [3.63, 3.8) is 0 Å². The minimum Gasteiger partial charge on any atom is -0.382 e. The first kappa shape index (κ1) is 15.6. The smallest absolute Gasteiger partial charge is 0.0954 e. The van der Waals surface area contributed by atoms with Crippen LogP contribution in [0.4, 0.5) is 0 Å². The van der Waals surface area contributed by atoms with Gasteiger partial charge in [-0.15, -0.1) is 11.3 Å². The van der Waals surface area contributed by atoms with Crippen molar-refractivity contribution in [1.29, 1.82) is 0 Å². The Hall–Kier alpha value is -0.490. The van der Waals surface area contributed by atoms with E-state index < -0.39 is 0 Å². The zero-order valence-corrected chi connectivity index (χ0v) is 12.6. The second-order valence-corrected chi connectivity index (χ2v) is 6.36. The Morgan fingerprint density at radius 1 is 1.22 bits per heavy atom. The van der Waals surface area contributed by atoms with Gasteiger partial charge in [-0.05, 0) is 0 Å². The molecule has 18 heavy (non-hydrogen) atoms. The maximum atomic E-state index is 5.78. The van der Waals surface area contributed by atoms with Crippen molar-refractivity contribution < 1.29 is 9.47 Å². The molecule has 0 spiro atoms. The monoisotopic (exact) mass is 272 g/mol. The van der Waals surface area contributed by atoms with Crippen LogP contribution in [0, 0.1) is 0 Å². The largest absolute Gasteiger partial charge is 0.382 e. The van der Waals surface area contributed by atoms with Crippen LogP contribution in [0.15, 0.2) is 0 Å². The van der Waals surface area contributed by atoms with Crippen LogP contribution in [0.1, 0.15) is 36.3 Å². The van der Waals surface area contributed by atoms with Gasteiger partial charge in [-0.2, -0.15) is 0 Å². The molecule has 0 bridgehead atoms. The fourth-order valence-corrected chi connectivity index (χ4v) is 2.77. The molecule has 0 radical (unpaired) electrons. The molecule has 0 unspecified atom stereocenters. The average molecular weight is 272 g/mol. The topological polar surface area (TPSA) is 57.4 Å². The minimum atomic E-state index is 0.0559. The molecule has 104 valence electrons. The number of methoxy groups -OCH3 is 1. The molecule has 1 aromatic rings. The van der Waals surface area contributed by atoms with E-state index in [1.807, 2.05) is 0 Å². The number of thiazole rings is 1. The third-order valence-corrected chi connectivity index (χ3v) is 3.67. The highest BCUT2D eigenvalue weighted by Crippen LogP contribution is 2.29. The quantitative estimate of drug-likeness (QED) is 0.772. The van der Waals surface area contributed by atoms with Gasteiger partial charge in [0.1, 0.15) is 0 Å². The van der Waals surface area contributed by atoms with Crippen molar-refractivity contribution in [1.82, 2.24) is 4.98 Å². The molecule has 4 nitrogen and oxygen atoms in total. The van der Waals surface area contributed by atoms with Gasteiger partial charge in [0.25, 0.3) is 0 Å². The number of hydrogen-bond acceptors (Lipinski definition) is 5. The summed E-state index contributed by atoms with van der Waals surface area (Å²) >= 11 is 1.70. The van der Waals surface area contributed by atoms with E-state index in [1.54, 1.807) is 18.4 Å². The van der Waals surface area contributed by atoms with E-state index in [0.29, 0.717) is 26.4 Å². The summed E-state index contributed by atoms with van der Waals surface area (Å²) in [5.41, 5.74) is 6.96. The number of aromatic nitrogens is 1. The lowest BCUT2D eigenvalue weighted by Crippen LogP contribution is -2.15. The molecular formula is C13H24N2O2S. The molecule has 0 fully saturated rings. The molecule has 1 aromatic heterocycles. The molecule has 0 amide bonds. The van der Waals surface area contributed by atoms with Crippen LogP contribution in [0.2, 0.25) is 0 Å². The third-order valence-electron chi connectivity index (χ3n) is 2.53. The molecule has 0 aliphatic carbocycles. The lowest BCUT2D eigenvalue weighted by Gasteiger charge is -2.16. The summed E-state index contributed by atoms with van der Waals surface area (Å²) < 4.78 is 10.4. The summed E-state index contributed by atoms with van der Waals surface area (Å²) in [6.07, 6.45) is 0.845. The van der Waals surface area contributed by atoms with Crippen LogP contribution >= 0.6 is 11.3 Å². The van der Waals surface area contributed by atoms with Crippen molar-refractivity contribution in [2.45, 2.75) is 39.2 Å². The zero-order valence-electron chi connectivity index (χ0n) is 11.8. The second-order valence-electron chi connectivity index (χ2n) is 5.19. The summed E-state index contributed by atoms with van der Waals surface area (Å²) in [4.78, 5) is 5.89. The van der Waals surface area contributed by atoms with Gasteiger partial charge in [-0.25, -0.2) is 4.98 Å². The zero-order chi connectivity index (χ0) is 13.6. The number of rotatable bonds is 7. The van der Waals surface area contributed by atoms with Gasteiger partial charge in [0, 0.05) is 30.4 Å². The van der Waals surface area contributed by atoms with Gasteiger partial charge >= 0.3 is 0 Å². The van der Waals surface area contributed by atoms with E-state index in [1.165, 1.54) is 4.88 Å². The van der Waals surface area contributed by atoms with Crippen molar-refractivity contribution in [2.75, 3.05) is 26.9 Å². The van der Waals surface area contributed by atoms with E-state index in [2.05, 4.69) is 20.8 Å². The van der Waals surface area contributed by atoms with Crippen molar-refractivity contribution >= 4 is 11.3 Å². The van der Waals surface area contributed by atoms with E-state index in [0.717, 1.165) is 17.1 Å². The predicted molar refractivity (Wildman–Crippen MR) is 75.1 cm³/mol. The number of hydrogen-bond donors (Lipinski definition) is 1. The van der Waals surface area contributed by atoms with Crippen molar-refractivity contribution in [3.8, 4) is 0 Å².